The van der Waals surface area contributed by atoms with Gasteiger partial charge in [0, 0.05) is 0 Å². The highest BCUT2D eigenvalue weighted by atomic mass is 16.4. The number of carboxylic acid groups (broad SMARTS) is 1. The Hall–Kier alpha value is -2.09. The molecule has 1 N–H and O–H groups in total. The van der Waals surface area contributed by atoms with E-state index >= 15 is 0 Å². The van der Waals surface area contributed by atoms with E-state index in [1.54, 1.807) is 0 Å². The minimum absolute atomic E-state index is 0.388. The predicted molar refractivity (Wildman–Crippen MR) is 70.4 cm³/mol. The van der Waals surface area contributed by atoms with Crippen LogP contribution < -0.4 is 10.4 Å². The van der Waals surface area contributed by atoms with Crippen LogP contribution in [0.2, 0.25) is 0 Å². The zero-order valence-electron chi connectivity index (χ0n) is 9.90. The number of carbonyl (C=O) groups is 1. The van der Waals surface area contributed by atoms with E-state index in [4.69, 9.17) is 0 Å². The van der Waals surface area contributed by atoms with Crippen LogP contribution in [0, 0.1) is 0 Å². The first-order chi connectivity index (χ1) is 8.19. The SMILES string of the molecule is CC=c1cc2ccccc2c(C(=O)O)c1=CC. The van der Waals surface area contributed by atoms with Crippen LogP contribution in [0.1, 0.15) is 24.2 Å². The third-order valence-electron chi connectivity index (χ3n) is 2.94. The molecule has 0 saturated heterocycles. The fourth-order valence-electron chi connectivity index (χ4n) is 2.17. The van der Waals surface area contributed by atoms with Crippen LogP contribution in [0.25, 0.3) is 22.9 Å². The Labute approximate surface area is 99.5 Å². The topological polar surface area (TPSA) is 37.3 Å². The van der Waals surface area contributed by atoms with Crippen molar-refractivity contribution in [1.82, 2.24) is 0 Å². The molecule has 0 aliphatic carbocycles. The van der Waals surface area contributed by atoms with Crippen molar-refractivity contribution in [2.45, 2.75) is 13.8 Å². The van der Waals surface area contributed by atoms with Gasteiger partial charge in [0.05, 0.1) is 5.56 Å². The number of aromatic carboxylic acids is 1. The molecule has 0 heterocycles. The molecule has 0 fully saturated rings. The zero-order valence-corrected chi connectivity index (χ0v) is 9.90. The molecule has 17 heavy (non-hydrogen) atoms. The summed E-state index contributed by atoms with van der Waals surface area (Å²) in [5, 5.41) is 12.9. The Kier molecular flexibility index (Phi) is 2.96. The maximum atomic E-state index is 11.4. The Morgan fingerprint density at radius 3 is 2.47 bits per heavy atom. The summed E-state index contributed by atoms with van der Waals surface area (Å²) in [5.41, 5.74) is 0.388. The maximum absolute atomic E-state index is 11.4. The molecule has 0 bridgehead atoms. The Balaban J connectivity index is 3.14. The molecular formula is C15H14O2. The highest BCUT2D eigenvalue weighted by molar-refractivity contribution is 6.04. The van der Waals surface area contributed by atoms with E-state index in [0.29, 0.717) is 5.56 Å². The summed E-state index contributed by atoms with van der Waals surface area (Å²) >= 11 is 0. The molecule has 0 unspecified atom stereocenters. The standard InChI is InChI=1S/C15H14O2/c1-3-10-9-11-7-5-6-8-13(11)14(15(16)17)12(10)4-2/h3-9H,1-2H3,(H,16,17). The monoisotopic (exact) mass is 226 g/mol. The second kappa shape index (κ2) is 4.42. The molecule has 0 aromatic heterocycles. The third kappa shape index (κ3) is 1.82. The second-order valence-electron chi connectivity index (χ2n) is 3.86. The summed E-state index contributed by atoms with van der Waals surface area (Å²) in [6, 6.07) is 9.60. The molecule has 0 aliphatic rings. The smallest absolute Gasteiger partial charge is 0.336 e. The minimum atomic E-state index is -0.877. The van der Waals surface area contributed by atoms with Gasteiger partial charge in [-0.2, -0.15) is 0 Å². The van der Waals surface area contributed by atoms with E-state index in [1.165, 1.54) is 0 Å². The molecule has 2 heteroatoms. The van der Waals surface area contributed by atoms with Crippen molar-refractivity contribution >= 4 is 28.9 Å². The molecule has 2 rings (SSSR count). The van der Waals surface area contributed by atoms with Gasteiger partial charge in [-0.25, -0.2) is 4.79 Å². The van der Waals surface area contributed by atoms with Crippen molar-refractivity contribution in [1.29, 1.82) is 0 Å². The lowest BCUT2D eigenvalue weighted by Gasteiger charge is -2.04. The fraction of sp³-hybridized carbons (Fsp3) is 0.133. The van der Waals surface area contributed by atoms with E-state index in [9.17, 15) is 9.90 Å². The lowest BCUT2D eigenvalue weighted by molar-refractivity contribution is 0.0697. The van der Waals surface area contributed by atoms with Gasteiger partial charge in [0.1, 0.15) is 0 Å². The van der Waals surface area contributed by atoms with Gasteiger partial charge < -0.3 is 5.11 Å². The third-order valence-corrected chi connectivity index (χ3v) is 2.94. The number of fused-ring (bicyclic) bond motifs is 1. The average molecular weight is 226 g/mol. The van der Waals surface area contributed by atoms with E-state index in [2.05, 4.69) is 0 Å². The number of benzene rings is 2. The first kappa shape index (κ1) is 11.4. The summed E-state index contributed by atoms with van der Waals surface area (Å²) in [5.74, 6) is -0.877. The van der Waals surface area contributed by atoms with E-state index in [0.717, 1.165) is 21.2 Å². The normalized spacial score (nSPS) is 13.3. The summed E-state index contributed by atoms with van der Waals surface area (Å²) in [7, 11) is 0. The number of hydrogen-bond donors (Lipinski definition) is 1. The van der Waals surface area contributed by atoms with Gasteiger partial charge in [0.2, 0.25) is 0 Å². The van der Waals surface area contributed by atoms with Gasteiger partial charge in [-0.1, -0.05) is 36.4 Å². The molecule has 2 aromatic carbocycles. The van der Waals surface area contributed by atoms with Gasteiger partial charge >= 0.3 is 5.97 Å². The zero-order chi connectivity index (χ0) is 12.4. The summed E-state index contributed by atoms with van der Waals surface area (Å²) < 4.78 is 0. The van der Waals surface area contributed by atoms with E-state index in [-0.39, 0.29) is 0 Å². The first-order valence-corrected chi connectivity index (χ1v) is 5.56. The second-order valence-corrected chi connectivity index (χ2v) is 3.86. The molecule has 0 radical (unpaired) electrons. The number of hydrogen-bond acceptors (Lipinski definition) is 1. The molecule has 0 saturated carbocycles. The fourth-order valence-corrected chi connectivity index (χ4v) is 2.17. The van der Waals surface area contributed by atoms with Crippen LogP contribution in [-0.2, 0) is 0 Å². The lowest BCUT2D eigenvalue weighted by Crippen LogP contribution is -2.30. The van der Waals surface area contributed by atoms with E-state index < -0.39 is 5.97 Å². The first-order valence-electron chi connectivity index (χ1n) is 5.56. The molecule has 2 nitrogen and oxygen atoms in total. The number of rotatable bonds is 1. The van der Waals surface area contributed by atoms with Crippen molar-refractivity contribution in [2.24, 2.45) is 0 Å². The minimum Gasteiger partial charge on any atom is -0.478 e. The lowest BCUT2D eigenvalue weighted by atomic mass is 10.00. The molecular weight excluding hydrogens is 212 g/mol. The maximum Gasteiger partial charge on any atom is 0.336 e. The van der Waals surface area contributed by atoms with Crippen molar-refractivity contribution in [3.8, 4) is 0 Å². The van der Waals surface area contributed by atoms with E-state index in [1.807, 2.05) is 56.3 Å². The van der Waals surface area contributed by atoms with Crippen LogP contribution >= 0.6 is 0 Å². The van der Waals surface area contributed by atoms with Crippen LogP contribution in [0.3, 0.4) is 0 Å². The van der Waals surface area contributed by atoms with Gasteiger partial charge in [-0.15, -0.1) is 0 Å². The van der Waals surface area contributed by atoms with Crippen molar-refractivity contribution in [3.05, 3.63) is 46.3 Å². The van der Waals surface area contributed by atoms with Crippen LogP contribution in [0.5, 0.6) is 0 Å². The quantitative estimate of drug-likeness (QED) is 0.809. The Morgan fingerprint density at radius 2 is 1.88 bits per heavy atom. The molecule has 86 valence electrons. The molecule has 0 amide bonds. The van der Waals surface area contributed by atoms with Crippen LogP contribution in [-0.4, -0.2) is 11.1 Å². The van der Waals surface area contributed by atoms with Crippen molar-refractivity contribution in [2.75, 3.05) is 0 Å². The summed E-state index contributed by atoms with van der Waals surface area (Å²) in [6.45, 7) is 3.78. The molecule has 0 spiro atoms. The van der Waals surface area contributed by atoms with Gasteiger partial charge in [-0.3, -0.25) is 0 Å². The van der Waals surface area contributed by atoms with Crippen LogP contribution in [0.15, 0.2) is 30.3 Å². The predicted octanol–water partition coefficient (Wildman–Crippen LogP) is 2.14. The van der Waals surface area contributed by atoms with Crippen LogP contribution in [0.4, 0.5) is 0 Å². The number of carboxylic acids is 1. The Bertz CT molecular complexity index is 697. The summed E-state index contributed by atoms with van der Waals surface area (Å²) in [6.07, 6.45) is 3.79. The van der Waals surface area contributed by atoms with Crippen molar-refractivity contribution < 1.29 is 9.90 Å². The highest BCUT2D eigenvalue weighted by Crippen LogP contribution is 2.13. The van der Waals surface area contributed by atoms with Crippen molar-refractivity contribution in [3.63, 3.8) is 0 Å². The van der Waals surface area contributed by atoms with Gasteiger partial charge in [-0.05, 0) is 41.1 Å². The van der Waals surface area contributed by atoms with Gasteiger partial charge in [0.25, 0.3) is 0 Å². The highest BCUT2D eigenvalue weighted by Gasteiger charge is 2.10. The summed E-state index contributed by atoms with van der Waals surface area (Å²) in [4.78, 5) is 11.4. The Morgan fingerprint density at radius 1 is 1.18 bits per heavy atom. The molecule has 0 atom stereocenters. The van der Waals surface area contributed by atoms with Gasteiger partial charge in [0.15, 0.2) is 0 Å². The average Bonchev–Trinajstić information content (AvgIpc) is 2.35. The largest absolute Gasteiger partial charge is 0.478 e. The molecule has 0 aliphatic heterocycles. The molecule has 2 aromatic rings.